The lowest BCUT2D eigenvalue weighted by Crippen LogP contribution is -2.45. The van der Waals surface area contributed by atoms with E-state index in [9.17, 15) is 9.18 Å². The summed E-state index contributed by atoms with van der Waals surface area (Å²) in [6, 6.07) is 6.96. The third-order valence-electron chi connectivity index (χ3n) is 5.04. The highest BCUT2D eigenvalue weighted by Gasteiger charge is 2.18. The van der Waals surface area contributed by atoms with Crippen LogP contribution in [0.25, 0.3) is 11.3 Å². The minimum absolute atomic E-state index is 0. The summed E-state index contributed by atoms with van der Waals surface area (Å²) in [5.74, 6) is 0.0493. The number of aromatic nitrogens is 2. The molecule has 0 amide bonds. The van der Waals surface area contributed by atoms with Crippen LogP contribution >= 0.6 is 24.8 Å². The van der Waals surface area contributed by atoms with Gasteiger partial charge in [-0.1, -0.05) is 26.0 Å². The zero-order valence-corrected chi connectivity index (χ0v) is 19.2. The van der Waals surface area contributed by atoms with Crippen molar-refractivity contribution in [2.45, 2.75) is 33.9 Å². The second kappa shape index (κ2) is 11.1. The summed E-state index contributed by atoms with van der Waals surface area (Å²) in [6.07, 6.45) is 0. The fourth-order valence-electron chi connectivity index (χ4n) is 3.32. The first kappa shape index (κ1) is 25.6. The normalized spacial score (nSPS) is 15.1. The quantitative estimate of drug-likeness (QED) is 0.706. The first-order valence-electron chi connectivity index (χ1n) is 9.62. The molecular formula is C21H31Cl2FN4O. The van der Waals surface area contributed by atoms with Gasteiger partial charge in [0.2, 0.25) is 0 Å². The topological polar surface area (TPSA) is 41.4 Å². The number of benzene rings is 1. The lowest BCUT2D eigenvalue weighted by molar-refractivity contribution is 0.147. The minimum Gasteiger partial charge on any atom is -0.304 e. The van der Waals surface area contributed by atoms with Crippen LogP contribution in [0.3, 0.4) is 0 Å². The molecule has 0 bridgehead atoms. The van der Waals surface area contributed by atoms with Crippen molar-refractivity contribution < 1.29 is 4.39 Å². The number of hydrogen-bond acceptors (Lipinski definition) is 4. The van der Waals surface area contributed by atoms with Crippen molar-refractivity contribution in [2.75, 3.05) is 33.2 Å². The summed E-state index contributed by atoms with van der Waals surface area (Å²) in [5, 5.41) is 4.53. The highest BCUT2D eigenvalue weighted by molar-refractivity contribution is 5.85. The van der Waals surface area contributed by atoms with Gasteiger partial charge in [-0.05, 0) is 37.6 Å². The van der Waals surface area contributed by atoms with Crippen LogP contribution in [0.1, 0.15) is 25.0 Å². The molecular weight excluding hydrogens is 414 g/mol. The van der Waals surface area contributed by atoms with Crippen LogP contribution in [-0.2, 0) is 13.1 Å². The second-order valence-electron chi connectivity index (χ2n) is 7.98. The molecule has 2 aromatic rings. The zero-order chi connectivity index (χ0) is 19.6. The maximum atomic E-state index is 14.1. The first-order valence-corrected chi connectivity index (χ1v) is 9.62. The van der Waals surface area contributed by atoms with Gasteiger partial charge in [-0.3, -0.25) is 9.69 Å². The molecule has 0 saturated carbocycles. The molecule has 0 radical (unpaired) electrons. The van der Waals surface area contributed by atoms with Gasteiger partial charge >= 0.3 is 0 Å². The number of hydrogen-bond donors (Lipinski definition) is 0. The van der Waals surface area contributed by atoms with E-state index in [4.69, 9.17) is 0 Å². The number of nitrogens with zero attached hydrogens (tertiary/aromatic N) is 4. The van der Waals surface area contributed by atoms with Crippen molar-refractivity contribution in [1.82, 2.24) is 19.6 Å². The van der Waals surface area contributed by atoms with E-state index in [1.165, 1.54) is 6.07 Å². The fraction of sp³-hybridized carbons (Fsp3) is 0.524. The Morgan fingerprint density at radius 2 is 1.76 bits per heavy atom. The van der Waals surface area contributed by atoms with Gasteiger partial charge in [0, 0.05) is 50.4 Å². The molecule has 5 nitrogen and oxygen atoms in total. The van der Waals surface area contributed by atoms with Gasteiger partial charge < -0.3 is 4.90 Å². The van der Waals surface area contributed by atoms with Gasteiger partial charge in [0.25, 0.3) is 5.56 Å². The molecule has 1 aromatic heterocycles. The van der Waals surface area contributed by atoms with E-state index in [2.05, 4.69) is 35.8 Å². The van der Waals surface area contributed by atoms with Crippen molar-refractivity contribution in [1.29, 1.82) is 0 Å². The van der Waals surface area contributed by atoms with Crippen LogP contribution in [0, 0.1) is 18.7 Å². The predicted molar refractivity (Wildman–Crippen MR) is 121 cm³/mol. The highest BCUT2D eigenvalue weighted by Crippen LogP contribution is 2.20. The van der Waals surface area contributed by atoms with E-state index < -0.39 is 0 Å². The van der Waals surface area contributed by atoms with E-state index in [-0.39, 0.29) is 36.2 Å². The lowest BCUT2D eigenvalue weighted by Gasteiger charge is -2.32. The van der Waals surface area contributed by atoms with Gasteiger partial charge in [-0.2, -0.15) is 5.10 Å². The SMILES string of the molecule is Cc1ccc(-c2cc(CN3CCN(C)CC3)c(=O)n(CC(C)C)n2)cc1F.Cl.Cl. The van der Waals surface area contributed by atoms with E-state index in [1.807, 2.05) is 12.1 Å². The Kier molecular flexibility index (Phi) is 9.76. The third kappa shape index (κ3) is 6.51. The van der Waals surface area contributed by atoms with Crippen molar-refractivity contribution >= 4 is 24.8 Å². The third-order valence-corrected chi connectivity index (χ3v) is 5.04. The standard InChI is InChI=1S/C21H29FN4O.2ClH/c1-15(2)13-26-21(27)18(14-25-9-7-24(4)8-10-25)12-20(23-26)17-6-5-16(3)19(22)11-17;;/h5-6,11-12,15H,7-10,13-14H2,1-4H3;2*1H. The Morgan fingerprint density at radius 1 is 1.10 bits per heavy atom. The molecule has 3 rings (SSSR count). The predicted octanol–water partition coefficient (Wildman–Crippen LogP) is 3.60. The number of likely N-dealkylation sites (N-methyl/N-ethyl adjacent to an activating group) is 1. The Bertz CT molecular complexity index is 864. The number of piperazine rings is 1. The minimum atomic E-state index is -0.253. The maximum absolute atomic E-state index is 14.1. The molecule has 1 saturated heterocycles. The number of halogens is 3. The number of aryl methyl sites for hydroxylation is 1. The largest absolute Gasteiger partial charge is 0.304 e. The average molecular weight is 445 g/mol. The number of rotatable bonds is 5. The second-order valence-corrected chi connectivity index (χ2v) is 7.98. The summed E-state index contributed by atoms with van der Waals surface area (Å²) in [7, 11) is 2.11. The fourth-order valence-corrected chi connectivity index (χ4v) is 3.32. The summed E-state index contributed by atoms with van der Waals surface area (Å²) in [5.41, 5.74) is 2.64. The van der Waals surface area contributed by atoms with Crippen molar-refractivity contribution in [3.63, 3.8) is 0 Å². The van der Waals surface area contributed by atoms with E-state index in [1.54, 1.807) is 17.7 Å². The van der Waals surface area contributed by atoms with E-state index in [0.29, 0.717) is 35.8 Å². The van der Waals surface area contributed by atoms with Gasteiger partial charge in [-0.25, -0.2) is 9.07 Å². The van der Waals surface area contributed by atoms with Crippen LogP contribution in [0.5, 0.6) is 0 Å². The Labute approximate surface area is 184 Å². The van der Waals surface area contributed by atoms with E-state index >= 15 is 0 Å². The molecule has 29 heavy (non-hydrogen) atoms. The summed E-state index contributed by atoms with van der Waals surface area (Å²) < 4.78 is 15.6. The van der Waals surface area contributed by atoms with Crippen molar-refractivity contribution in [2.24, 2.45) is 5.92 Å². The first-order chi connectivity index (χ1) is 12.8. The van der Waals surface area contributed by atoms with Crippen LogP contribution in [0.2, 0.25) is 0 Å². The molecule has 0 unspecified atom stereocenters. The highest BCUT2D eigenvalue weighted by atomic mass is 35.5. The molecule has 1 fully saturated rings. The zero-order valence-electron chi connectivity index (χ0n) is 17.5. The van der Waals surface area contributed by atoms with Crippen molar-refractivity contribution in [3.05, 3.63) is 51.6 Å². The molecule has 0 N–H and O–H groups in total. The van der Waals surface area contributed by atoms with E-state index in [0.717, 1.165) is 31.7 Å². The lowest BCUT2D eigenvalue weighted by atomic mass is 10.1. The average Bonchev–Trinajstić information content (AvgIpc) is 2.62. The Morgan fingerprint density at radius 3 is 2.34 bits per heavy atom. The van der Waals surface area contributed by atoms with Crippen LogP contribution in [0.15, 0.2) is 29.1 Å². The Balaban J connectivity index is 0.00000210. The summed E-state index contributed by atoms with van der Waals surface area (Å²) >= 11 is 0. The van der Waals surface area contributed by atoms with Crippen LogP contribution < -0.4 is 5.56 Å². The van der Waals surface area contributed by atoms with Gasteiger partial charge in [0.05, 0.1) is 5.69 Å². The maximum Gasteiger partial charge on any atom is 0.271 e. The van der Waals surface area contributed by atoms with Crippen molar-refractivity contribution in [3.8, 4) is 11.3 Å². The van der Waals surface area contributed by atoms with Crippen LogP contribution in [-0.4, -0.2) is 52.8 Å². The summed E-state index contributed by atoms with van der Waals surface area (Å²) in [4.78, 5) is 17.5. The van der Waals surface area contributed by atoms with Gasteiger partial charge in [0.15, 0.2) is 0 Å². The molecule has 0 atom stereocenters. The molecule has 1 aliphatic rings. The van der Waals surface area contributed by atoms with Crippen LogP contribution in [0.4, 0.5) is 4.39 Å². The monoisotopic (exact) mass is 444 g/mol. The molecule has 0 aliphatic carbocycles. The Hall–Kier alpha value is -1.47. The molecule has 2 heterocycles. The molecule has 1 aromatic carbocycles. The summed E-state index contributed by atoms with van der Waals surface area (Å²) in [6.45, 7) is 10.9. The molecule has 162 valence electrons. The van der Waals surface area contributed by atoms with Gasteiger partial charge in [0.1, 0.15) is 5.82 Å². The molecule has 1 aliphatic heterocycles. The molecule has 0 spiro atoms. The smallest absolute Gasteiger partial charge is 0.271 e. The molecule has 8 heteroatoms. The van der Waals surface area contributed by atoms with Gasteiger partial charge in [-0.15, -0.1) is 24.8 Å².